The number of hydrogen-bond donors (Lipinski definition) is 0. The van der Waals surface area contributed by atoms with Gasteiger partial charge in [-0.3, -0.25) is 28.3 Å². The first-order valence-electron chi connectivity index (χ1n) is 38.5. The Bertz CT molecular complexity index is 3760. The molecule has 4 aromatic carbocycles. The number of likely N-dealkylation sites (N-methyl/N-ethyl adjacent to an activating group) is 2. The standard InChI is InChI=1S/C81H112N10O4/c1-7-70-64-36-34-56(48-74(64)86(82-70)60-26-16-11-17-27-60)50-78-66-54-76-68(72(9-3)84-88(76)62-30-20-13-21-31-62)52-58(66)38-42-90(78,5)44-40-80(92)94-46-24-15-25-47-95-81(93)41-45-91(6)43-39-59-53-69-73(10-4)85-89(63-32-22-14-23-33-63)77(69)55-67(59)79(91)51-57-35-37-65-71(8-2)83-87(75(65)49-57)61-28-18-12-19-29-61/h34-37,48-49,52-55,60-63,78-79H,7-33,38-47,50-51H2,1-6H3/q+2. The second-order valence-electron chi connectivity index (χ2n) is 30.8. The van der Waals surface area contributed by atoms with Gasteiger partial charge in [-0.05, 0) is 155 Å². The third kappa shape index (κ3) is 13.6. The molecule has 14 nitrogen and oxygen atoms in total. The van der Waals surface area contributed by atoms with E-state index >= 15 is 0 Å². The van der Waals surface area contributed by atoms with Crippen LogP contribution in [0.2, 0.25) is 0 Å². The monoisotopic (exact) mass is 1290 g/mol. The number of rotatable bonds is 24. The molecular weight excluding hydrogens is 1180 g/mol. The summed E-state index contributed by atoms with van der Waals surface area (Å²) in [5, 5.41) is 26.6. The zero-order valence-electron chi connectivity index (χ0n) is 58.9. The van der Waals surface area contributed by atoms with Crippen molar-refractivity contribution in [2.45, 2.75) is 276 Å². The minimum atomic E-state index is -0.124. The summed E-state index contributed by atoms with van der Waals surface area (Å²) in [6.45, 7) is 13.1. The summed E-state index contributed by atoms with van der Waals surface area (Å²) in [4.78, 5) is 27.8. The number of ether oxygens (including phenoxy) is 2. The maximum atomic E-state index is 13.9. The number of carbonyl (C=O) groups is 2. The Kier molecular flexibility index (Phi) is 20.1. The molecule has 6 aliphatic rings. The molecule has 8 aromatic rings. The van der Waals surface area contributed by atoms with Crippen molar-refractivity contribution in [3.63, 3.8) is 0 Å². The molecule has 4 atom stereocenters. The Labute approximate surface area is 566 Å². The Morgan fingerprint density at radius 1 is 0.421 bits per heavy atom. The van der Waals surface area contributed by atoms with Crippen molar-refractivity contribution >= 4 is 55.6 Å². The maximum absolute atomic E-state index is 13.9. The van der Waals surface area contributed by atoms with E-state index in [1.54, 1.807) is 0 Å². The minimum absolute atomic E-state index is 0.124. The van der Waals surface area contributed by atoms with Gasteiger partial charge in [-0.25, -0.2) is 0 Å². The van der Waals surface area contributed by atoms with E-state index in [9.17, 15) is 9.59 Å². The molecule has 6 heterocycles. The molecule has 4 unspecified atom stereocenters. The number of aromatic nitrogens is 8. The van der Waals surface area contributed by atoms with Crippen LogP contribution in [0.3, 0.4) is 0 Å². The van der Waals surface area contributed by atoms with Gasteiger partial charge >= 0.3 is 11.9 Å². The largest absolute Gasteiger partial charge is 0.466 e. The van der Waals surface area contributed by atoms with Gasteiger partial charge in [-0.1, -0.05) is 129 Å². The third-order valence-electron chi connectivity index (χ3n) is 24.6. The molecule has 2 aliphatic heterocycles. The van der Waals surface area contributed by atoms with Gasteiger partial charge in [-0.2, -0.15) is 20.4 Å². The molecule has 0 bridgehead atoms. The first kappa shape index (κ1) is 65.9. The summed E-state index contributed by atoms with van der Waals surface area (Å²) >= 11 is 0. The summed E-state index contributed by atoms with van der Waals surface area (Å²) in [5.74, 6) is -0.248. The van der Waals surface area contributed by atoms with Crippen LogP contribution in [0.1, 0.15) is 281 Å². The van der Waals surface area contributed by atoms with E-state index in [0.717, 1.165) is 92.7 Å². The number of hydrogen-bond acceptors (Lipinski definition) is 8. The molecule has 0 saturated heterocycles. The normalized spacial score (nSPS) is 22.7. The van der Waals surface area contributed by atoms with Crippen LogP contribution < -0.4 is 0 Å². The highest BCUT2D eigenvalue weighted by molar-refractivity contribution is 5.87. The molecule has 4 fully saturated rings. The zero-order chi connectivity index (χ0) is 65.2. The molecular formula is C81H112N10O4+2. The first-order valence-corrected chi connectivity index (χ1v) is 38.5. The molecule has 0 N–H and O–H groups in total. The molecule has 95 heavy (non-hydrogen) atoms. The lowest BCUT2D eigenvalue weighted by molar-refractivity contribution is -0.940. The second kappa shape index (κ2) is 29.0. The highest BCUT2D eigenvalue weighted by atomic mass is 16.5. The van der Waals surface area contributed by atoms with Crippen LogP contribution >= 0.6 is 0 Å². The Morgan fingerprint density at radius 3 is 1.08 bits per heavy atom. The quantitative estimate of drug-likeness (QED) is 0.0333. The Hall–Kier alpha value is -6.38. The summed E-state index contributed by atoms with van der Waals surface area (Å²) in [7, 11) is 4.80. The van der Waals surface area contributed by atoms with Gasteiger partial charge in [0.15, 0.2) is 0 Å². The lowest BCUT2D eigenvalue weighted by Gasteiger charge is -2.46. The van der Waals surface area contributed by atoms with Crippen molar-refractivity contribution in [2.75, 3.05) is 53.5 Å². The van der Waals surface area contributed by atoms with Crippen molar-refractivity contribution in [1.82, 2.24) is 39.1 Å². The fourth-order valence-corrected chi connectivity index (χ4v) is 18.8. The van der Waals surface area contributed by atoms with Crippen molar-refractivity contribution in [2.24, 2.45) is 0 Å². The van der Waals surface area contributed by atoms with E-state index in [1.807, 2.05) is 0 Å². The molecule has 0 spiro atoms. The number of carbonyl (C=O) groups excluding carboxylic acids is 2. The minimum Gasteiger partial charge on any atom is -0.466 e. The Morgan fingerprint density at radius 2 is 0.747 bits per heavy atom. The van der Waals surface area contributed by atoms with Crippen molar-refractivity contribution in [1.29, 1.82) is 0 Å². The van der Waals surface area contributed by atoms with E-state index in [1.165, 1.54) is 228 Å². The molecule has 4 saturated carbocycles. The van der Waals surface area contributed by atoms with Gasteiger partial charge in [0.05, 0.1) is 135 Å². The van der Waals surface area contributed by atoms with Crippen LogP contribution in [0, 0.1) is 0 Å². The van der Waals surface area contributed by atoms with Crippen molar-refractivity contribution in [3.8, 4) is 0 Å². The predicted molar refractivity (Wildman–Crippen MR) is 382 cm³/mol. The fraction of sp³-hybridized carbons (Fsp3) is 0.630. The van der Waals surface area contributed by atoms with Gasteiger partial charge in [0.2, 0.25) is 0 Å². The van der Waals surface area contributed by atoms with Crippen LogP contribution in [0.5, 0.6) is 0 Å². The van der Waals surface area contributed by atoms with Crippen LogP contribution in [-0.4, -0.2) is 114 Å². The number of aryl methyl sites for hydroxylation is 4. The lowest BCUT2D eigenvalue weighted by atomic mass is 9.85. The lowest BCUT2D eigenvalue weighted by Crippen LogP contribution is -2.53. The average molecular weight is 1290 g/mol. The van der Waals surface area contributed by atoms with Crippen LogP contribution in [0.15, 0.2) is 60.7 Å². The van der Waals surface area contributed by atoms with Gasteiger partial charge in [-0.15, -0.1) is 0 Å². The number of fused-ring (bicyclic) bond motifs is 6. The SMILES string of the molecule is CCc1nn(C2CCCCC2)c2cc(CC3c4cc5c(cc4CC[N+]3(C)CCC(=O)OCCCCCOC(=O)CC[N+]3(C)CCc4cc6c(CC)nn(C7CCCCC7)c6cc4C3Cc3ccc4c(CC)nn(C6CCCCC6)c4c3)c(CC)nn5C3CCCCC3)ccc12. The van der Waals surface area contributed by atoms with Gasteiger partial charge in [0, 0.05) is 58.4 Å². The summed E-state index contributed by atoms with van der Waals surface area (Å²) < 4.78 is 23.3. The molecule has 508 valence electrons. The third-order valence-corrected chi connectivity index (χ3v) is 24.6. The molecule has 0 radical (unpaired) electrons. The van der Waals surface area contributed by atoms with Crippen LogP contribution in [0.25, 0.3) is 43.6 Å². The summed E-state index contributed by atoms with van der Waals surface area (Å²) in [6.07, 6.45) is 35.5. The van der Waals surface area contributed by atoms with Gasteiger partial charge in [0.1, 0.15) is 12.1 Å². The highest BCUT2D eigenvalue weighted by Crippen LogP contribution is 2.46. The van der Waals surface area contributed by atoms with E-state index in [-0.39, 0.29) is 24.0 Å². The number of nitrogens with zero attached hydrogens (tertiary/aromatic N) is 10. The molecule has 14 rings (SSSR count). The first-order chi connectivity index (χ1) is 46.4. The molecule has 14 heteroatoms. The topological polar surface area (TPSA) is 124 Å². The predicted octanol–water partition coefficient (Wildman–Crippen LogP) is 17.7. The smallest absolute Gasteiger partial charge is 0.311 e. The number of quaternary nitrogens is 2. The van der Waals surface area contributed by atoms with E-state index in [4.69, 9.17) is 29.9 Å². The zero-order valence-corrected chi connectivity index (χ0v) is 58.9. The number of benzene rings is 4. The average Bonchev–Trinajstić information content (AvgIpc) is 1.73. The van der Waals surface area contributed by atoms with Crippen LogP contribution in [-0.2, 0) is 70.4 Å². The second-order valence-corrected chi connectivity index (χ2v) is 30.8. The fourth-order valence-electron chi connectivity index (χ4n) is 18.8. The van der Waals surface area contributed by atoms with Gasteiger partial charge < -0.3 is 18.4 Å². The van der Waals surface area contributed by atoms with E-state index < -0.39 is 0 Å². The molecule has 4 aromatic heterocycles. The van der Waals surface area contributed by atoms with Crippen molar-refractivity contribution in [3.05, 3.63) is 117 Å². The Balaban J connectivity index is 0.622. The van der Waals surface area contributed by atoms with Crippen molar-refractivity contribution < 1.29 is 28.0 Å². The maximum Gasteiger partial charge on any atom is 0.311 e. The summed E-state index contributed by atoms with van der Waals surface area (Å²) in [6, 6.07) is 26.6. The van der Waals surface area contributed by atoms with E-state index in [2.05, 4.69) is 121 Å². The van der Waals surface area contributed by atoms with Crippen LogP contribution in [0.4, 0.5) is 0 Å². The number of unbranched alkanes of at least 4 members (excludes halogenated alkanes) is 2. The summed E-state index contributed by atoms with van der Waals surface area (Å²) in [5.41, 5.74) is 18.4. The molecule has 0 amide bonds. The van der Waals surface area contributed by atoms with Gasteiger partial charge in [0.25, 0.3) is 0 Å². The molecule has 4 aliphatic carbocycles. The highest BCUT2D eigenvalue weighted by Gasteiger charge is 2.43. The number of esters is 2. The van der Waals surface area contributed by atoms with E-state index in [0.29, 0.717) is 63.3 Å².